The Kier molecular flexibility index (Phi) is 4.21. The fourth-order valence-electron chi connectivity index (χ4n) is 7.25. The molecular weight excluding hydrogens is 388 g/mol. The summed E-state index contributed by atoms with van der Waals surface area (Å²) in [5.74, 6) is 3.47. The van der Waals surface area contributed by atoms with Gasteiger partial charge < -0.3 is 14.6 Å². The Morgan fingerprint density at radius 2 is 1.74 bits per heavy atom. The van der Waals surface area contributed by atoms with Crippen LogP contribution < -0.4 is 9.47 Å². The molecule has 0 saturated heterocycles. The van der Waals surface area contributed by atoms with Gasteiger partial charge in [0.2, 0.25) is 0 Å². The van der Waals surface area contributed by atoms with Gasteiger partial charge in [0.25, 0.3) is 0 Å². The molecule has 4 fully saturated rings. The minimum atomic E-state index is -0.926. The average molecular weight is 417 g/mol. The van der Waals surface area contributed by atoms with Crippen LogP contribution in [-0.2, 0) is 5.41 Å². The smallest absolute Gasteiger partial charge is 0.335 e. The molecule has 0 aromatic heterocycles. The number of rotatable bonds is 4. The first-order valence-electron chi connectivity index (χ1n) is 11.4. The number of benzene rings is 2. The fourth-order valence-corrected chi connectivity index (χ4v) is 7.25. The number of carbonyl (C=O) groups is 1. The summed E-state index contributed by atoms with van der Waals surface area (Å²) in [6.45, 7) is 0.472. The monoisotopic (exact) mass is 416 g/mol. The summed E-state index contributed by atoms with van der Waals surface area (Å²) in [6, 6.07) is 11.7. The van der Waals surface area contributed by atoms with E-state index in [1.54, 1.807) is 25.3 Å². The molecule has 0 spiro atoms. The standard InChI is InChI=1S/C27H28O4/c1-30-25-11-19(22-10-21-9-20(26(28)29)3-5-24(21)31-15-22)2-4-23(25)27-12-16-6-17(13-27)8-18(7-16)14-27/h2-5,9-11,16-18H,6-8,12-15H2,1H3,(H,28,29). The maximum Gasteiger partial charge on any atom is 0.335 e. The molecule has 0 radical (unpaired) electrons. The maximum absolute atomic E-state index is 11.3. The molecule has 4 heteroatoms. The van der Waals surface area contributed by atoms with Crippen LogP contribution in [0.15, 0.2) is 36.4 Å². The van der Waals surface area contributed by atoms with Crippen LogP contribution in [0.2, 0.25) is 0 Å². The molecule has 2 aromatic carbocycles. The fraction of sp³-hybridized carbons (Fsp3) is 0.444. The SMILES string of the molecule is COc1cc(C2=Cc3cc(C(=O)O)ccc3OC2)ccc1C12CC3CC(CC(C3)C1)C2. The third-order valence-electron chi connectivity index (χ3n) is 8.15. The number of carboxylic acids is 1. The van der Waals surface area contributed by atoms with E-state index in [1.807, 2.05) is 6.08 Å². The number of hydrogen-bond acceptors (Lipinski definition) is 3. The van der Waals surface area contributed by atoms with Gasteiger partial charge in [0.15, 0.2) is 0 Å². The Bertz CT molecular complexity index is 1060. The largest absolute Gasteiger partial charge is 0.496 e. The van der Waals surface area contributed by atoms with Gasteiger partial charge in [-0.05, 0) is 103 Å². The number of hydrogen-bond donors (Lipinski definition) is 1. The second kappa shape index (κ2) is 6.88. The first-order chi connectivity index (χ1) is 15.0. The third kappa shape index (κ3) is 3.07. The lowest BCUT2D eigenvalue weighted by Crippen LogP contribution is -2.48. The highest BCUT2D eigenvalue weighted by Crippen LogP contribution is 2.62. The van der Waals surface area contributed by atoms with Crippen LogP contribution in [0, 0.1) is 17.8 Å². The van der Waals surface area contributed by atoms with Crippen LogP contribution in [-0.4, -0.2) is 24.8 Å². The summed E-state index contributed by atoms with van der Waals surface area (Å²) < 4.78 is 11.9. The van der Waals surface area contributed by atoms with Crippen LogP contribution in [0.4, 0.5) is 0 Å². The number of ether oxygens (including phenoxy) is 2. The number of aromatic carboxylic acids is 1. The normalized spacial score (nSPS) is 30.4. The summed E-state index contributed by atoms with van der Waals surface area (Å²) in [6.07, 6.45) is 10.3. The van der Waals surface area contributed by atoms with E-state index in [9.17, 15) is 9.90 Å². The Morgan fingerprint density at radius 3 is 2.39 bits per heavy atom. The van der Waals surface area contributed by atoms with E-state index in [2.05, 4.69) is 18.2 Å². The van der Waals surface area contributed by atoms with E-state index in [4.69, 9.17) is 9.47 Å². The van der Waals surface area contributed by atoms with Crippen molar-refractivity contribution < 1.29 is 19.4 Å². The molecule has 5 aliphatic rings. The maximum atomic E-state index is 11.3. The predicted octanol–water partition coefficient (Wildman–Crippen LogP) is 5.79. The Morgan fingerprint density at radius 1 is 1.03 bits per heavy atom. The highest BCUT2D eigenvalue weighted by atomic mass is 16.5. The molecule has 2 aromatic rings. The molecule has 4 bridgehead atoms. The van der Waals surface area contributed by atoms with Gasteiger partial charge in [0.05, 0.1) is 12.7 Å². The number of methoxy groups -OCH3 is 1. The van der Waals surface area contributed by atoms with Crippen molar-refractivity contribution in [3.8, 4) is 11.5 Å². The van der Waals surface area contributed by atoms with E-state index in [0.717, 1.165) is 46.0 Å². The number of fused-ring (bicyclic) bond motifs is 1. The molecule has 31 heavy (non-hydrogen) atoms. The van der Waals surface area contributed by atoms with E-state index < -0.39 is 5.97 Å². The molecule has 7 rings (SSSR count). The van der Waals surface area contributed by atoms with Crippen LogP contribution in [0.25, 0.3) is 11.6 Å². The van der Waals surface area contributed by atoms with Gasteiger partial charge in [-0.3, -0.25) is 0 Å². The second-order valence-corrected chi connectivity index (χ2v) is 10.1. The van der Waals surface area contributed by atoms with Crippen LogP contribution in [0.1, 0.15) is 65.6 Å². The second-order valence-electron chi connectivity index (χ2n) is 10.1. The molecule has 160 valence electrons. The zero-order chi connectivity index (χ0) is 21.2. The summed E-state index contributed by atoms with van der Waals surface area (Å²) in [5, 5.41) is 9.31. The average Bonchev–Trinajstić information content (AvgIpc) is 2.77. The molecule has 1 heterocycles. The summed E-state index contributed by atoms with van der Waals surface area (Å²) >= 11 is 0. The van der Waals surface area contributed by atoms with Crippen molar-refractivity contribution in [2.24, 2.45) is 17.8 Å². The quantitative estimate of drug-likeness (QED) is 0.685. The van der Waals surface area contributed by atoms with E-state index >= 15 is 0 Å². The summed E-state index contributed by atoms with van der Waals surface area (Å²) in [4.78, 5) is 11.3. The molecule has 0 amide bonds. The van der Waals surface area contributed by atoms with Crippen LogP contribution in [0.5, 0.6) is 11.5 Å². The summed E-state index contributed by atoms with van der Waals surface area (Å²) in [7, 11) is 1.78. The van der Waals surface area contributed by atoms with Gasteiger partial charge >= 0.3 is 5.97 Å². The van der Waals surface area contributed by atoms with E-state index in [0.29, 0.717) is 12.0 Å². The molecule has 1 aliphatic heterocycles. The first kappa shape index (κ1) is 19.0. The highest BCUT2D eigenvalue weighted by molar-refractivity contribution is 5.92. The van der Waals surface area contributed by atoms with E-state index in [-0.39, 0.29) is 5.56 Å². The molecule has 4 nitrogen and oxygen atoms in total. The molecule has 4 saturated carbocycles. The lowest BCUT2D eigenvalue weighted by atomic mass is 9.48. The van der Waals surface area contributed by atoms with Crippen molar-refractivity contribution in [3.05, 3.63) is 58.7 Å². The van der Waals surface area contributed by atoms with Gasteiger partial charge in [-0.2, -0.15) is 0 Å². The predicted molar refractivity (Wildman–Crippen MR) is 120 cm³/mol. The minimum absolute atomic E-state index is 0.273. The van der Waals surface area contributed by atoms with Gasteiger partial charge in [-0.1, -0.05) is 12.1 Å². The van der Waals surface area contributed by atoms with Gasteiger partial charge in [0.1, 0.15) is 18.1 Å². The van der Waals surface area contributed by atoms with Crippen molar-refractivity contribution >= 4 is 17.6 Å². The third-order valence-corrected chi connectivity index (χ3v) is 8.15. The molecular formula is C27H28O4. The van der Waals surface area contributed by atoms with Crippen molar-refractivity contribution in [1.82, 2.24) is 0 Å². The van der Waals surface area contributed by atoms with Gasteiger partial charge in [-0.25, -0.2) is 4.79 Å². The van der Waals surface area contributed by atoms with Crippen LogP contribution in [0.3, 0.4) is 0 Å². The van der Waals surface area contributed by atoms with Crippen molar-refractivity contribution in [1.29, 1.82) is 0 Å². The van der Waals surface area contributed by atoms with Gasteiger partial charge in [0, 0.05) is 11.1 Å². The Labute approximate surface area is 182 Å². The molecule has 0 atom stereocenters. The number of carboxylic acid groups (broad SMARTS) is 1. The van der Waals surface area contributed by atoms with Crippen LogP contribution >= 0.6 is 0 Å². The van der Waals surface area contributed by atoms with Crippen molar-refractivity contribution in [2.75, 3.05) is 13.7 Å². The zero-order valence-electron chi connectivity index (χ0n) is 17.9. The first-order valence-corrected chi connectivity index (χ1v) is 11.4. The highest BCUT2D eigenvalue weighted by Gasteiger charge is 2.52. The lowest BCUT2D eigenvalue weighted by Gasteiger charge is -2.57. The lowest BCUT2D eigenvalue weighted by molar-refractivity contribution is -0.00615. The minimum Gasteiger partial charge on any atom is -0.496 e. The Hall–Kier alpha value is -2.75. The van der Waals surface area contributed by atoms with E-state index in [1.165, 1.54) is 44.1 Å². The Balaban J connectivity index is 1.36. The van der Waals surface area contributed by atoms with Gasteiger partial charge in [-0.15, -0.1) is 0 Å². The topological polar surface area (TPSA) is 55.8 Å². The summed E-state index contributed by atoms with van der Waals surface area (Å²) in [5.41, 5.74) is 4.89. The molecule has 4 aliphatic carbocycles. The zero-order valence-corrected chi connectivity index (χ0v) is 17.9. The molecule has 1 N–H and O–H groups in total. The van der Waals surface area contributed by atoms with Crippen molar-refractivity contribution in [3.63, 3.8) is 0 Å². The molecule has 0 unspecified atom stereocenters. The van der Waals surface area contributed by atoms with Crippen molar-refractivity contribution in [2.45, 2.75) is 43.9 Å².